The third kappa shape index (κ3) is 4.15. The molecule has 2 saturated carbocycles. The summed E-state index contributed by atoms with van der Waals surface area (Å²) in [6.07, 6.45) is 9.51. The maximum Gasteiger partial charge on any atom is 0.240 e. The van der Waals surface area contributed by atoms with Gasteiger partial charge in [-0.2, -0.15) is 4.98 Å². The number of hydrogen-bond acceptors (Lipinski definition) is 6. The molecular weight excluding hydrogens is 400 g/mol. The molecule has 0 spiro atoms. The first kappa shape index (κ1) is 19.4. The number of hydrogen-bond donors (Lipinski definition) is 1. The smallest absolute Gasteiger partial charge is 0.240 e. The lowest BCUT2D eigenvalue weighted by Crippen LogP contribution is -2.37. The summed E-state index contributed by atoms with van der Waals surface area (Å²) in [6.45, 7) is 0. The molecule has 2 atom stereocenters. The van der Waals surface area contributed by atoms with Crippen LogP contribution in [0.3, 0.4) is 0 Å². The fourth-order valence-electron chi connectivity index (χ4n) is 4.14. The monoisotopic (exact) mass is 424 g/mol. The van der Waals surface area contributed by atoms with E-state index in [4.69, 9.17) is 4.52 Å². The predicted octanol–water partition coefficient (Wildman–Crippen LogP) is 4.01. The van der Waals surface area contributed by atoms with E-state index in [1.807, 2.05) is 12.3 Å². The van der Waals surface area contributed by atoms with Crippen LogP contribution in [0.15, 0.2) is 58.2 Å². The second kappa shape index (κ2) is 7.92. The van der Waals surface area contributed by atoms with Crippen LogP contribution < -0.4 is 4.72 Å². The number of sulfonamides is 1. The Morgan fingerprint density at radius 2 is 1.83 bits per heavy atom. The van der Waals surface area contributed by atoms with E-state index in [0.717, 1.165) is 44.1 Å². The van der Waals surface area contributed by atoms with Crippen molar-refractivity contribution in [2.45, 2.75) is 61.3 Å². The molecular formula is C22H24N4O3S. The van der Waals surface area contributed by atoms with E-state index >= 15 is 0 Å². The molecule has 2 aromatic heterocycles. The molecule has 2 fully saturated rings. The molecule has 2 aliphatic rings. The van der Waals surface area contributed by atoms with Crippen molar-refractivity contribution < 1.29 is 12.9 Å². The second-order valence-electron chi connectivity index (χ2n) is 8.22. The fourth-order valence-corrected chi connectivity index (χ4v) is 5.42. The Balaban J connectivity index is 1.27. The number of nitrogens with zero attached hydrogens (tertiary/aromatic N) is 3. The van der Waals surface area contributed by atoms with Gasteiger partial charge in [0.25, 0.3) is 0 Å². The van der Waals surface area contributed by atoms with Gasteiger partial charge in [-0.3, -0.25) is 4.98 Å². The number of rotatable bonds is 6. The van der Waals surface area contributed by atoms with E-state index < -0.39 is 10.0 Å². The summed E-state index contributed by atoms with van der Waals surface area (Å²) in [6, 6.07) is 10.6. The summed E-state index contributed by atoms with van der Waals surface area (Å²) in [5.41, 5.74) is 1.93. The molecule has 0 saturated heterocycles. The van der Waals surface area contributed by atoms with Gasteiger partial charge in [-0.15, -0.1) is 0 Å². The zero-order valence-corrected chi connectivity index (χ0v) is 17.4. The van der Waals surface area contributed by atoms with Crippen LogP contribution in [0.2, 0.25) is 0 Å². The van der Waals surface area contributed by atoms with Crippen molar-refractivity contribution in [1.82, 2.24) is 19.8 Å². The van der Waals surface area contributed by atoms with Crippen LogP contribution in [-0.2, 0) is 10.0 Å². The Morgan fingerprint density at radius 3 is 2.57 bits per heavy atom. The highest BCUT2D eigenvalue weighted by molar-refractivity contribution is 7.89. The van der Waals surface area contributed by atoms with Gasteiger partial charge in [-0.05, 0) is 73.9 Å². The highest BCUT2D eigenvalue weighted by atomic mass is 32.2. The molecule has 1 aromatic carbocycles. The maximum atomic E-state index is 12.9. The SMILES string of the molecule is O=S(=O)(NC1CCCC(c2cccnc2)C1)c1ccc(-c2noc(C3CC3)n2)cc1. The van der Waals surface area contributed by atoms with Crippen LogP contribution in [-0.4, -0.2) is 29.6 Å². The summed E-state index contributed by atoms with van der Waals surface area (Å²) < 4.78 is 34.0. The third-order valence-corrected chi connectivity index (χ3v) is 7.48. The van der Waals surface area contributed by atoms with Gasteiger partial charge < -0.3 is 4.52 Å². The van der Waals surface area contributed by atoms with Crippen LogP contribution >= 0.6 is 0 Å². The molecule has 2 heterocycles. The second-order valence-corrected chi connectivity index (χ2v) is 9.94. The molecule has 30 heavy (non-hydrogen) atoms. The molecule has 0 aliphatic heterocycles. The van der Waals surface area contributed by atoms with Crippen molar-refractivity contribution in [1.29, 1.82) is 0 Å². The minimum Gasteiger partial charge on any atom is -0.339 e. The molecule has 2 aliphatic carbocycles. The van der Waals surface area contributed by atoms with Crippen molar-refractivity contribution in [3.05, 3.63) is 60.2 Å². The summed E-state index contributed by atoms with van der Waals surface area (Å²) in [4.78, 5) is 8.87. The Hall–Kier alpha value is -2.58. The van der Waals surface area contributed by atoms with Crippen LogP contribution in [0.1, 0.15) is 61.8 Å². The van der Waals surface area contributed by atoms with Crippen molar-refractivity contribution in [3.8, 4) is 11.4 Å². The summed E-state index contributed by atoms with van der Waals surface area (Å²) in [5, 5.41) is 4.01. The van der Waals surface area contributed by atoms with Gasteiger partial charge in [0, 0.05) is 29.9 Å². The lowest BCUT2D eigenvalue weighted by atomic mass is 9.82. The minimum absolute atomic E-state index is 0.0769. The zero-order valence-electron chi connectivity index (χ0n) is 16.6. The van der Waals surface area contributed by atoms with E-state index in [2.05, 4.69) is 25.9 Å². The van der Waals surface area contributed by atoms with E-state index in [1.165, 1.54) is 5.56 Å². The molecule has 7 nitrogen and oxygen atoms in total. The number of benzene rings is 1. The fraction of sp³-hybridized carbons (Fsp3) is 0.409. The van der Waals surface area contributed by atoms with E-state index in [1.54, 1.807) is 30.5 Å². The van der Waals surface area contributed by atoms with E-state index in [0.29, 0.717) is 23.6 Å². The average Bonchev–Trinajstić information content (AvgIpc) is 3.51. The zero-order chi connectivity index (χ0) is 20.6. The van der Waals surface area contributed by atoms with Crippen LogP contribution in [0.25, 0.3) is 11.4 Å². The summed E-state index contributed by atoms with van der Waals surface area (Å²) >= 11 is 0. The van der Waals surface area contributed by atoms with Gasteiger partial charge in [-0.1, -0.05) is 17.6 Å². The van der Waals surface area contributed by atoms with Crippen molar-refractivity contribution in [2.24, 2.45) is 0 Å². The van der Waals surface area contributed by atoms with E-state index in [9.17, 15) is 8.42 Å². The molecule has 0 amide bonds. The molecule has 0 bridgehead atoms. The number of pyridine rings is 1. The third-order valence-electron chi connectivity index (χ3n) is 5.94. The van der Waals surface area contributed by atoms with Gasteiger partial charge in [0.15, 0.2) is 0 Å². The normalized spacial score (nSPS) is 22.1. The van der Waals surface area contributed by atoms with Gasteiger partial charge in [0.1, 0.15) is 0 Å². The first-order chi connectivity index (χ1) is 14.6. The Labute approximate surface area is 176 Å². The van der Waals surface area contributed by atoms with Gasteiger partial charge in [-0.25, -0.2) is 13.1 Å². The molecule has 0 radical (unpaired) electrons. The summed E-state index contributed by atoms with van der Waals surface area (Å²) in [7, 11) is -3.59. The first-order valence-corrected chi connectivity index (χ1v) is 11.9. The Morgan fingerprint density at radius 1 is 1.00 bits per heavy atom. The van der Waals surface area contributed by atoms with Gasteiger partial charge in [0.2, 0.25) is 21.7 Å². The molecule has 8 heteroatoms. The molecule has 156 valence electrons. The van der Waals surface area contributed by atoms with Gasteiger partial charge in [0.05, 0.1) is 4.90 Å². The first-order valence-electron chi connectivity index (χ1n) is 10.4. The minimum atomic E-state index is -3.59. The highest BCUT2D eigenvalue weighted by Crippen LogP contribution is 2.39. The van der Waals surface area contributed by atoms with E-state index in [-0.39, 0.29) is 10.9 Å². The average molecular weight is 425 g/mol. The van der Waals surface area contributed by atoms with Crippen LogP contribution in [0.5, 0.6) is 0 Å². The van der Waals surface area contributed by atoms with Crippen molar-refractivity contribution >= 4 is 10.0 Å². The standard InChI is InChI=1S/C22H24N4O3S/c27-30(28,26-19-5-1-3-17(13-19)18-4-2-12-23-14-18)20-10-8-15(9-11-20)21-24-22(29-25-21)16-6-7-16/h2,4,8-12,14,16-17,19,26H,1,3,5-7,13H2. The molecule has 5 rings (SSSR count). The number of nitrogens with one attached hydrogen (secondary N) is 1. The molecule has 3 aromatic rings. The molecule has 1 N–H and O–H groups in total. The maximum absolute atomic E-state index is 12.9. The van der Waals surface area contributed by atoms with Crippen LogP contribution in [0.4, 0.5) is 0 Å². The van der Waals surface area contributed by atoms with Crippen molar-refractivity contribution in [2.75, 3.05) is 0 Å². The Kier molecular flexibility index (Phi) is 5.12. The summed E-state index contributed by atoms with van der Waals surface area (Å²) in [5.74, 6) is 1.90. The topological polar surface area (TPSA) is 98.0 Å². The quantitative estimate of drug-likeness (QED) is 0.642. The molecule has 2 unspecified atom stereocenters. The Bertz CT molecular complexity index is 1110. The van der Waals surface area contributed by atoms with Crippen molar-refractivity contribution in [3.63, 3.8) is 0 Å². The number of aromatic nitrogens is 3. The lowest BCUT2D eigenvalue weighted by molar-refractivity contribution is 0.371. The van der Waals surface area contributed by atoms with Crippen LogP contribution in [0, 0.1) is 0 Å². The highest BCUT2D eigenvalue weighted by Gasteiger charge is 2.30. The predicted molar refractivity (Wildman–Crippen MR) is 111 cm³/mol. The lowest BCUT2D eigenvalue weighted by Gasteiger charge is -2.29. The largest absolute Gasteiger partial charge is 0.339 e. The van der Waals surface area contributed by atoms with Gasteiger partial charge >= 0.3 is 0 Å².